The first-order chi connectivity index (χ1) is 30.6. The Hall–Kier alpha value is -2.05. The second-order valence-corrected chi connectivity index (χ2v) is 20.4. The van der Waals surface area contributed by atoms with Gasteiger partial charge in [0.05, 0.1) is 49.3 Å². The molecule has 14 nitrogen and oxygen atoms in total. The van der Waals surface area contributed by atoms with Gasteiger partial charge in [0.15, 0.2) is 18.4 Å². The molecule has 0 radical (unpaired) electrons. The van der Waals surface area contributed by atoms with Crippen molar-refractivity contribution in [3.8, 4) is 0 Å². The minimum absolute atomic E-state index is 0.0463. The molecule has 1 spiro atoms. The number of carbonyl (C=O) groups excluding carboxylic acids is 1. The van der Waals surface area contributed by atoms with Gasteiger partial charge in [0.1, 0.15) is 42.0 Å². The number of rotatable bonds is 7. The molecule has 2 bridgehead atoms. The van der Waals surface area contributed by atoms with E-state index in [9.17, 15) is 20.1 Å². The molecular weight excluding hydrogens is 825 g/mol. The molecule has 8 rings (SSSR count). The summed E-state index contributed by atoms with van der Waals surface area (Å²) in [6.45, 7) is 12.0. The number of aliphatic hydroxyl groups is 3. The number of hydrogen-bond donors (Lipinski definition) is 3. The second-order valence-electron chi connectivity index (χ2n) is 20.4. The van der Waals surface area contributed by atoms with Gasteiger partial charge in [-0.1, -0.05) is 63.5 Å². The van der Waals surface area contributed by atoms with Crippen LogP contribution in [-0.2, 0) is 52.2 Å². The van der Waals surface area contributed by atoms with Crippen molar-refractivity contribution in [1.82, 2.24) is 0 Å². The van der Waals surface area contributed by atoms with Crippen molar-refractivity contribution in [3.05, 3.63) is 47.1 Å². The summed E-state index contributed by atoms with van der Waals surface area (Å²) < 4.78 is 64.4. The zero-order valence-corrected chi connectivity index (χ0v) is 39.3. The predicted octanol–water partition coefficient (Wildman–Crippen LogP) is 6.14. The van der Waals surface area contributed by atoms with Crippen LogP contribution in [0.25, 0.3) is 0 Å². The van der Waals surface area contributed by atoms with Gasteiger partial charge in [-0.05, 0) is 81.9 Å². The number of methoxy groups -OCH3 is 2. The van der Waals surface area contributed by atoms with E-state index >= 15 is 0 Å². The third kappa shape index (κ3) is 9.92. The number of esters is 1. The standard InChI is InChI=1S/C50H76O14/c1-27-13-12-16-34-26-57-47-42(51)30(4)21-37(50(34,47)54)48(53)60-36-22-35(63-49(25-36)20-19-29(3)45(64-49)33-14-10-9-11-15-33)18-17-28(2)44(27)61-41-24-39(56-8)46(32(6)59-41)62-40-23-38(55-7)43(52)31(5)58-40/h12-13,16-17,21,27,29,31-33,35-47,51-52,54H,9-11,14-15,18-20,22-26H2,1-8H3/b13-12+,28-17+,34-16+/t27-,29-,31-,32-,35+,36-,37?,38-,39-,40-,41-,42+,43-,44-,45-,46-,47+,49+,50+/m0/s1. The highest BCUT2D eigenvalue weighted by Gasteiger charge is 2.60. The molecule has 5 saturated heterocycles. The zero-order chi connectivity index (χ0) is 45.5. The Balaban J connectivity index is 1.08. The average molecular weight is 901 g/mol. The lowest BCUT2D eigenvalue weighted by Crippen LogP contribution is -2.58. The van der Waals surface area contributed by atoms with Crippen LogP contribution in [0.15, 0.2) is 47.1 Å². The van der Waals surface area contributed by atoms with E-state index < -0.39 is 90.8 Å². The van der Waals surface area contributed by atoms with Gasteiger partial charge < -0.3 is 62.7 Å². The molecule has 0 aromatic rings. The number of ether oxygens (including phenoxy) is 10. The van der Waals surface area contributed by atoms with Gasteiger partial charge >= 0.3 is 5.97 Å². The Morgan fingerprint density at radius 1 is 0.828 bits per heavy atom. The number of hydrogen-bond acceptors (Lipinski definition) is 14. The molecule has 360 valence electrons. The Labute approximate surface area is 379 Å². The van der Waals surface area contributed by atoms with Gasteiger partial charge in [0, 0.05) is 52.2 Å². The molecule has 0 aromatic heterocycles. The third-order valence-corrected chi connectivity index (χ3v) is 15.8. The van der Waals surface area contributed by atoms with Crippen molar-refractivity contribution in [3.63, 3.8) is 0 Å². The summed E-state index contributed by atoms with van der Waals surface area (Å²) in [5, 5.41) is 34.4. The normalized spacial score (nSPS) is 49.5. The molecule has 2 aliphatic carbocycles. The van der Waals surface area contributed by atoms with Crippen LogP contribution in [0.3, 0.4) is 0 Å². The number of carbonyl (C=O) groups is 1. The molecule has 64 heavy (non-hydrogen) atoms. The molecule has 8 aliphatic rings. The zero-order valence-electron chi connectivity index (χ0n) is 39.3. The van der Waals surface area contributed by atoms with Crippen molar-refractivity contribution in [2.45, 2.75) is 216 Å². The first-order valence-corrected chi connectivity index (χ1v) is 24.3. The van der Waals surface area contributed by atoms with E-state index in [0.717, 1.165) is 24.8 Å². The quantitative estimate of drug-likeness (QED) is 0.197. The lowest BCUT2D eigenvalue weighted by Gasteiger charge is -2.51. The van der Waals surface area contributed by atoms with Gasteiger partial charge in [-0.2, -0.15) is 0 Å². The van der Waals surface area contributed by atoms with Gasteiger partial charge in [0.2, 0.25) is 0 Å². The van der Waals surface area contributed by atoms with E-state index in [0.29, 0.717) is 61.5 Å². The van der Waals surface area contributed by atoms with E-state index in [-0.39, 0.29) is 30.8 Å². The largest absolute Gasteiger partial charge is 0.462 e. The SMILES string of the molecule is CO[C@H]1C[C@H](O[C@H]2[C@H](C)O[C@@H](O[C@@H]3/C(C)=C/C[C@@H]4C[C@@H](C[C@]5(CC[C@H](C)[C@@H](C6CCCCC6)O5)O4)OC(=O)C4C=C(C)[C@@H](O)[C@H]5OC/C(=C\C=C\[C@@H]3C)[C@@]45O)C[C@@H]2OC)O[C@@H](C)[C@@H]1O. The first-order valence-electron chi connectivity index (χ1n) is 24.3. The average Bonchev–Trinajstić information content (AvgIpc) is 3.62. The summed E-state index contributed by atoms with van der Waals surface area (Å²) >= 11 is 0. The Kier molecular flexibility index (Phi) is 15.3. The van der Waals surface area contributed by atoms with Crippen LogP contribution in [0.5, 0.6) is 0 Å². The van der Waals surface area contributed by atoms with Crippen molar-refractivity contribution in [2.75, 3.05) is 20.8 Å². The van der Waals surface area contributed by atoms with Crippen molar-refractivity contribution >= 4 is 5.97 Å². The van der Waals surface area contributed by atoms with Crippen LogP contribution in [-0.4, -0.2) is 139 Å². The highest BCUT2D eigenvalue weighted by Crippen LogP contribution is 2.49. The molecule has 14 heteroatoms. The monoisotopic (exact) mass is 901 g/mol. The predicted molar refractivity (Wildman–Crippen MR) is 235 cm³/mol. The molecule has 19 atom stereocenters. The number of aliphatic hydroxyl groups excluding tert-OH is 2. The molecule has 6 aliphatic heterocycles. The Bertz CT molecular complexity index is 1740. The van der Waals surface area contributed by atoms with E-state index in [1.807, 2.05) is 19.1 Å². The summed E-state index contributed by atoms with van der Waals surface area (Å²) in [6, 6.07) is 0. The molecular formula is C50H76O14. The summed E-state index contributed by atoms with van der Waals surface area (Å²) in [4.78, 5) is 14.5. The van der Waals surface area contributed by atoms with Crippen LogP contribution in [0, 0.1) is 23.7 Å². The van der Waals surface area contributed by atoms with E-state index in [2.05, 4.69) is 26.8 Å². The molecule has 6 heterocycles. The van der Waals surface area contributed by atoms with Crippen molar-refractivity contribution < 1.29 is 67.5 Å². The molecule has 0 aromatic carbocycles. The Morgan fingerprint density at radius 3 is 2.30 bits per heavy atom. The van der Waals surface area contributed by atoms with Gasteiger partial charge in [0.25, 0.3) is 0 Å². The summed E-state index contributed by atoms with van der Waals surface area (Å²) in [5.74, 6) is -1.86. The molecule has 6 fully saturated rings. The van der Waals surface area contributed by atoms with Crippen molar-refractivity contribution in [2.24, 2.45) is 23.7 Å². The molecule has 1 unspecified atom stereocenters. The highest BCUT2D eigenvalue weighted by atomic mass is 16.7. The fraction of sp³-hybridized carbons (Fsp3) is 0.820. The maximum Gasteiger partial charge on any atom is 0.316 e. The molecule has 3 N–H and O–H groups in total. The van der Waals surface area contributed by atoms with Gasteiger partial charge in [-0.3, -0.25) is 4.79 Å². The Morgan fingerprint density at radius 2 is 1.55 bits per heavy atom. The minimum Gasteiger partial charge on any atom is -0.462 e. The number of allylic oxidation sites excluding steroid dienone is 2. The fourth-order valence-corrected chi connectivity index (χ4v) is 12.1. The van der Waals surface area contributed by atoms with Gasteiger partial charge in [-0.25, -0.2) is 0 Å². The maximum absolute atomic E-state index is 14.5. The minimum atomic E-state index is -1.82. The van der Waals surface area contributed by atoms with E-state index in [1.54, 1.807) is 40.2 Å². The lowest BCUT2D eigenvalue weighted by atomic mass is 9.71. The highest BCUT2D eigenvalue weighted by molar-refractivity contribution is 5.78. The topological polar surface area (TPSA) is 170 Å². The van der Waals surface area contributed by atoms with E-state index in [1.165, 1.54) is 19.3 Å². The van der Waals surface area contributed by atoms with Crippen LogP contribution in [0.2, 0.25) is 0 Å². The maximum atomic E-state index is 14.5. The van der Waals surface area contributed by atoms with Crippen molar-refractivity contribution in [1.29, 1.82) is 0 Å². The summed E-state index contributed by atoms with van der Waals surface area (Å²) in [7, 11) is 3.24. The smallest absolute Gasteiger partial charge is 0.316 e. The van der Waals surface area contributed by atoms with Crippen LogP contribution >= 0.6 is 0 Å². The summed E-state index contributed by atoms with van der Waals surface area (Å²) in [5.41, 5.74) is 0.221. The third-order valence-electron chi connectivity index (χ3n) is 15.8. The molecule has 1 saturated carbocycles. The van der Waals surface area contributed by atoms with Gasteiger partial charge in [-0.15, -0.1) is 0 Å². The van der Waals surface area contributed by atoms with Crippen LogP contribution < -0.4 is 0 Å². The lowest BCUT2D eigenvalue weighted by molar-refractivity contribution is -0.342. The fourth-order valence-electron chi connectivity index (χ4n) is 12.1. The second kappa shape index (κ2) is 20.3. The first kappa shape index (κ1) is 48.4. The number of fused-ring (bicyclic) bond motifs is 2. The summed E-state index contributed by atoms with van der Waals surface area (Å²) in [6.07, 6.45) is 11.9. The molecule has 0 amide bonds. The van der Waals surface area contributed by atoms with Crippen LogP contribution in [0.4, 0.5) is 0 Å². The van der Waals surface area contributed by atoms with Crippen LogP contribution in [0.1, 0.15) is 119 Å². The van der Waals surface area contributed by atoms with E-state index in [4.69, 9.17) is 47.4 Å².